The predicted molar refractivity (Wildman–Crippen MR) is 76.0 cm³/mol. The van der Waals surface area contributed by atoms with Gasteiger partial charge in [0.05, 0.1) is 6.33 Å². The van der Waals surface area contributed by atoms with Crippen molar-refractivity contribution in [1.29, 1.82) is 0 Å². The average Bonchev–Trinajstić information content (AvgIpc) is 2.86. The number of aromatic amines is 1. The number of anilines is 1. The summed E-state index contributed by atoms with van der Waals surface area (Å²) in [5.41, 5.74) is 6.51. The molecule has 4 N–H and O–H groups in total. The Kier molecular flexibility index (Phi) is 4.41. The molecule has 1 aromatic carbocycles. The summed E-state index contributed by atoms with van der Waals surface area (Å²) in [6.45, 7) is 0.125. The Morgan fingerprint density at radius 2 is 2.20 bits per heavy atom. The molecule has 1 heterocycles. The van der Waals surface area contributed by atoms with Crippen LogP contribution in [0.1, 0.15) is 5.69 Å². The van der Waals surface area contributed by atoms with Gasteiger partial charge in [0.25, 0.3) is 0 Å². The van der Waals surface area contributed by atoms with Crippen molar-refractivity contribution in [3.63, 3.8) is 0 Å². The van der Waals surface area contributed by atoms with Gasteiger partial charge in [-0.2, -0.15) is 0 Å². The summed E-state index contributed by atoms with van der Waals surface area (Å²) in [4.78, 5) is 6.19. The van der Waals surface area contributed by atoms with Crippen LogP contribution in [-0.2, 0) is 16.4 Å². The third kappa shape index (κ3) is 3.35. The first-order valence-corrected chi connectivity index (χ1v) is 7.89. The molecule has 0 amide bonds. The number of hydrogen-bond donors (Lipinski definition) is 3. The lowest BCUT2D eigenvalue weighted by atomic mass is 10.3. The summed E-state index contributed by atoms with van der Waals surface area (Å²) in [6.07, 6.45) is 3.51. The zero-order chi connectivity index (χ0) is 14.8. The Hall–Kier alpha value is -1.45. The number of aromatic nitrogens is 2. The molecule has 2 aromatic rings. The molecule has 0 bridgehead atoms. The van der Waals surface area contributed by atoms with Gasteiger partial charge in [-0.25, -0.2) is 22.5 Å². The molecule has 0 aliphatic heterocycles. The van der Waals surface area contributed by atoms with Crippen LogP contribution in [0.5, 0.6) is 0 Å². The molecule has 0 radical (unpaired) electrons. The maximum Gasteiger partial charge on any atom is 0.243 e. The van der Waals surface area contributed by atoms with Crippen molar-refractivity contribution >= 4 is 31.6 Å². The average molecular weight is 363 g/mol. The van der Waals surface area contributed by atoms with Gasteiger partial charge in [-0.15, -0.1) is 0 Å². The van der Waals surface area contributed by atoms with Crippen molar-refractivity contribution in [3.8, 4) is 0 Å². The molecule has 6 nitrogen and oxygen atoms in total. The van der Waals surface area contributed by atoms with E-state index in [9.17, 15) is 12.8 Å². The van der Waals surface area contributed by atoms with Gasteiger partial charge in [0.15, 0.2) is 0 Å². The van der Waals surface area contributed by atoms with Crippen molar-refractivity contribution in [3.05, 3.63) is 40.6 Å². The fourth-order valence-electron chi connectivity index (χ4n) is 1.57. The lowest BCUT2D eigenvalue weighted by Gasteiger charge is -2.09. The number of nitrogens with two attached hydrogens (primary N) is 1. The fraction of sp³-hybridized carbons (Fsp3) is 0.182. The van der Waals surface area contributed by atoms with Crippen molar-refractivity contribution < 1.29 is 12.8 Å². The summed E-state index contributed by atoms with van der Waals surface area (Å²) >= 11 is 3.03. The molecule has 0 spiro atoms. The van der Waals surface area contributed by atoms with Gasteiger partial charge >= 0.3 is 0 Å². The number of sulfonamides is 1. The van der Waals surface area contributed by atoms with E-state index >= 15 is 0 Å². The topological polar surface area (TPSA) is 101 Å². The minimum atomic E-state index is -3.94. The lowest BCUT2D eigenvalue weighted by Crippen LogP contribution is -2.27. The third-order valence-electron chi connectivity index (χ3n) is 2.58. The zero-order valence-electron chi connectivity index (χ0n) is 10.2. The third-order valence-corrected chi connectivity index (χ3v) is 4.74. The normalized spacial score (nSPS) is 11.7. The number of halogens is 2. The molecule has 0 saturated carbocycles. The monoisotopic (exact) mass is 362 g/mol. The van der Waals surface area contributed by atoms with Crippen LogP contribution in [0.2, 0.25) is 0 Å². The number of nitrogens with one attached hydrogen (secondary N) is 2. The van der Waals surface area contributed by atoms with E-state index in [0.29, 0.717) is 10.9 Å². The van der Waals surface area contributed by atoms with Gasteiger partial charge in [-0.3, -0.25) is 0 Å². The van der Waals surface area contributed by atoms with E-state index in [4.69, 9.17) is 5.73 Å². The second-order valence-electron chi connectivity index (χ2n) is 4.03. The van der Waals surface area contributed by atoms with Gasteiger partial charge in [0.2, 0.25) is 10.0 Å². The number of nitrogens with zero attached hydrogens (tertiary/aromatic N) is 1. The van der Waals surface area contributed by atoms with E-state index in [1.807, 2.05) is 0 Å². The molecular weight excluding hydrogens is 351 g/mol. The van der Waals surface area contributed by atoms with E-state index in [2.05, 4.69) is 30.6 Å². The predicted octanol–water partition coefficient (Wildman–Crippen LogP) is 1.41. The smallest absolute Gasteiger partial charge is 0.243 e. The highest BCUT2D eigenvalue weighted by Gasteiger charge is 2.20. The summed E-state index contributed by atoms with van der Waals surface area (Å²) in [5, 5.41) is 0. The minimum absolute atomic E-state index is 0.125. The first kappa shape index (κ1) is 14.9. The van der Waals surface area contributed by atoms with E-state index in [0.717, 1.165) is 17.8 Å². The van der Waals surface area contributed by atoms with Gasteiger partial charge in [-0.05, 0) is 28.1 Å². The van der Waals surface area contributed by atoms with Crippen LogP contribution in [-0.4, -0.2) is 24.9 Å². The molecule has 0 unspecified atom stereocenters. The molecule has 108 valence electrons. The van der Waals surface area contributed by atoms with Crippen LogP contribution in [0, 0.1) is 5.82 Å². The van der Waals surface area contributed by atoms with Gasteiger partial charge in [0.1, 0.15) is 10.7 Å². The Balaban J connectivity index is 2.12. The zero-order valence-corrected chi connectivity index (χ0v) is 12.6. The number of imidazole rings is 1. The number of hydrogen-bond acceptors (Lipinski definition) is 4. The highest BCUT2D eigenvalue weighted by molar-refractivity contribution is 9.10. The van der Waals surface area contributed by atoms with Crippen molar-refractivity contribution in [2.24, 2.45) is 0 Å². The highest BCUT2D eigenvalue weighted by atomic mass is 79.9. The number of nitrogen functional groups attached to an aromatic ring is 1. The SMILES string of the molecule is Nc1cc(S(=O)(=O)NCCc2cnc[nH]2)c(F)cc1Br. The number of H-pyrrole nitrogens is 1. The maximum absolute atomic E-state index is 13.7. The first-order chi connectivity index (χ1) is 9.40. The van der Waals surface area contributed by atoms with Crippen molar-refractivity contribution in [1.82, 2.24) is 14.7 Å². The molecule has 0 fully saturated rings. The van der Waals surface area contributed by atoms with Crippen LogP contribution in [0.4, 0.5) is 10.1 Å². The maximum atomic E-state index is 13.7. The second kappa shape index (κ2) is 5.90. The van der Waals surface area contributed by atoms with Gasteiger partial charge in [-0.1, -0.05) is 0 Å². The molecule has 0 aliphatic rings. The lowest BCUT2D eigenvalue weighted by molar-refractivity contribution is 0.557. The molecule has 0 saturated heterocycles. The molecule has 0 atom stereocenters. The van der Waals surface area contributed by atoms with Crippen LogP contribution in [0.3, 0.4) is 0 Å². The summed E-state index contributed by atoms with van der Waals surface area (Å²) < 4.78 is 40.3. The Labute approximate surface area is 123 Å². The van der Waals surface area contributed by atoms with Crippen molar-refractivity contribution in [2.75, 3.05) is 12.3 Å². The summed E-state index contributed by atoms with van der Waals surface area (Å²) in [7, 11) is -3.94. The second-order valence-corrected chi connectivity index (χ2v) is 6.62. The summed E-state index contributed by atoms with van der Waals surface area (Å²) in [6, 6.07) is 2.11. The van der Waals surface area contributed by atoms with E-state index in [-0.39, 0.29) is 12.2 Å². The van der Waals surface area contributed by atoms with Crippen LogP contribution in [0.25, 0.3) is 0 Å². The highest BCUT2D eigenvalue weighted by Crippen LogP contribution is 2.25. The van der Waals surface area contributed by atoms with Gasteiger partial charge < -0.3 is 10.7 Å². The van der Waals surface area contributed by atoms with E-state index in [1.165, 1.54) is 6.33 Å². The molecule has 0 aliphatic carbocycles. The van der Waals surface area contributed by atoms with E-state index < -0.39 is 20.7 Å². The van der Waals surface area contributed by atoms with Crippen LogP contribution in [0.15, 0.2) is 34.0 Å². The van der Waals surface area contributed by atoms with Crippen LogP contribution >= 0.6 is 15.9 Å². The minimum Gasteiger partial charge on any atom is -0.398 e. The van der Waals surface area contributed by atoms with Crippen LogP contribution < -0.4 is 10.5 Å². The Bertz CT molecular complexity index is 703. The Morgan fingerprint density at radius 3 is 2.85 bits per heavy atom. The van der Waals surface area contributed by atoms with Gasteiger partial charge in [0, 0.05) is 35.0 Å². The van der Waals surface area contributed by atoms with E-state index in [1.54, 1.807) is 6.20 Å². The standard InChI is InChI=1S/C11H12BrFN4O2S/c12-8-3-9(13)11(4-10(8)14)20(18,19)17-2-1-7-5-15-6-16-7/h3-6,17H,1-2,14H2,(H,15,16). The van der Waals surface area contributed by atoms with Crippen molar-refractivity contribution in [2.45, 2.75) is 11.3 Å². The molecular formula is C11H12BrFN4O2S. The fourth-order valence-corrected chi connectivity index (χ4v) is 3.01. The molecule has 1 aromatic heterocycles. The Morgan fingerprint density at radius 1 is 1.45 bits per heavy atom. The quantitative estimate of drug-likeness (QED) is 0.700. The number of rotatable bonds is 5. The first-order valence-electron chi connectivity index (χ1n) is 5.61. The molecule has 20 heavy (non-hydrogen) atoms. The molecule has 9 heteroatoms. The summed E-state index contributed by atoms with van der Waals surface area (Å²) in [5.74, 6) is -0.861. The largest absolute Gasteiger partial charge is 0.398 e. The molecule has 2 rings (SSSR count). The number of benzene rings is 1.